The van der Waals surface area contributed by atoms with Crippen LogP contribution in [0.5, 0.6) is 5.75 Å². The summed E-state index contributed by atoms with van der Waals surface area (Å²) < 4.78 is 62.9. The van der Waals surface area contributed by atoms with Crippen LogP contribution in [-0.2, 0) is 16.0 Å². The summed E-state index contributed by atoms with van der Waals surface area (Å²) in [5.41, 5.74) is -0.197. The van der Waals surface area contributed by atoms with Gasteiger partial charge in [0.1, 0.15) is 17.5 Å². The summed E-state index contributed by atoms with van der Waals surface area (Å²) in [7, 11) is 0. The average molecular weight is 334 g/mol. The zero-order valence-corrected chi connectivity index (χ0v) is 12.4. The molecule has 0 radical (unpaired) electrons. The first-order valence-corrected chi connectivity index (χ1v) is 6.87. The van der Waals surface area contributed by atoms with Crippen LogP contribution < -0.4 is 4.74 Å². The highest BCUT2D eigenvalue weighted by molar-refractivity contribution is 5.81. The SMILES string of the molecule is CCOC(=O)C1Cc2c(C=O)cc(F)c(C)c2OC1C(F)(F)F. The molecule has 126 valence electrons. The van der Waals surface area contributed by atoms with Crippen LogP contribution in [0.1, 0.15) is 28.4 Å². The molecule has 0 aliphatic carbocycles. The first kappa shape index (κ1) is 17.2. The molecule has 0 N–H and O–H groups in total. The number of esters is 1. The molecular weight excluding hydrogens is 320 g/mol. The molecule has 1 aliphatic heterocycles. The average Bonchev–Trinajstić information content (AvgIpc) is 2.49. The van der Waals surface area contributed by atoms with E-state index in [1.54, 1.807) is 0 Å². The van der Waals surface area contributed by atoms with Crippen molar-refractivity contribution in [1.29, 1.82) is 0 Å². The van der Waals surface area contributed by atoms with E-state index in [-0.39, 0.29) is 29.0 Å². The highest BCUT2D eigenvalue weighted by Crippen LogP contribution is 2.42. The number of carbonyl (C=O) groups excluding carboxylic acids is 2. The number of hydrogen-bond donors (Lipinski definition) is 0. The van der Waals surface area contributed by atoms with Gasteiger partial charge in [-0.3, -0.25) is 9.59 Å². The van der Waals surface area contributed by atoms with Crippen molar-refractivity contribution in [3.63, 3.8) is 0 Å². The number of hydrogen-bond acceptors (Lipinski definition) is 4. The smallest absolute Gasteiger partial charge is 0.426 e. The largest absolute Gasteiger partial charge is 0.479 e. The maximum Gasteiger partial charge on any atom is 0.426 e. The predicted molar refractivity (Wildman–Crippen MR) is 70.8 cm³/mol. The Kier molecular flexibility index (Phi) is 4.63. The van der Waals surface area contributed by atoms with Gasteiger partial charge in [0.15, 0.2) is 6.29 Å². The van der Waals surface area contributed by atoms with E-state index in [1.165, 1.54) is 13.8 Å². The van der Waals surface area contributed by atoms with Gasteiger partial charge >= 0.3 is 12.1 Å². The van der Waals surface area contributed by atoms with Crippen molar-refractivity contribution in [2.75, 3.05) is 6.61 Å². The van der Waals surface area contributed by atoms with E-state index in [0.717, 1.165) is 6.07 Å². The summed E-state index contributed by atoms with van der Waals surface area (Å²) in [6.45, 7) is 2.63. The number of aldehydes is 1. The monoisotopic (exact) mass is 334 g/mol. The Balaban J connectivity index is 2.56. The number of carbonyl (C=O) groups is 2. The summed E-state index contributed by atoms with van der Waals surface area (Å²) >= 11 is 0. The van der Waals surface area contributed by atoms with Crippen LogP contribution in [0.15, 0.2) is 6.07 Å². The van der Waals surface area contributed by atoms with Crippen molar-refractivity contribution < 1.29 is 36.6 Å². The maximum atomic E-state index is 13.7. The fraction of sp³-hybridized carbons (Fsp3) is 0.467. The predicted octanol–water partition coefficient (Wildman–Crippen LogP) is 2.99. The second kappa shape index (κ2) is 6.17. The summed E-state index contributed by atoms with van der Waals surface area (Å²) in [5, 5.41) is 0. The van der Waals surface area contributed by atoms with Crippen LogP contribution >= 0.6 is 0 Å². The molecule has 23 heavy (non-hydrogen) atoms. The molecule has 2 unspecified atom stereocenters. The van der Waals surface area contributed by atoms with Crippen LogP contribution in [0.2, 0.25) is 0 Å². The van der Waals surface area contributed by atoms with Crippen LogP contribution in [-0.4, -0.2) is 31.1 Å². The number of halogens is 4. The fourth-order valence-corrected chi connectivity index (χ4v) is 2.56. The topological polar surface area (TPSA) is 52.6 Å². The van der Waals surface area contributed by atoms with Gasteiger partial charge in [0.05, 0.1) is 6.61 Å². The molecule has 0 fully saturated rings. The Bertz CT molecular complexity index is 639. The van der Waals surface area contributed by atoms with Gasteiger partial charge in [0.25, 0.3) is 0 Å². The van der Waals surface area contributed by atoms with Crippen molar-refractivity contribution in [1.82, 2.24) is 0 Å². The summed E-state index contributed by atoms with van der Waals surface area (Å²) in [6, 6.07) is 0.917. The number of fused-ring (bicyclic) bond motifs is 1. The van der Waals surface area contributed by atoms with Crippen molar-refractivity contribution in [3.05, 3.63) is 28.6 Å². The molecule has 1 aromatic rings. The third-order valence-corrected chi connectivity index (χ3v) is 3.68. The van der Waals surface area contributed by atoms with E-state index in [1.807, 2.05) is 0 Å². The van der Waals surface area contributed by atoms with Gasteiger partial charge in [-0.1, -0.05) is 0 Å². The van der Waals surface area contributed by atoms with Crippen molar-refractivity contribution in [3.8, 4) is 5.75 Å². The van der Waals surface area contributed by atoms with Crippen LogP contribution in [0.25, 0.3) is 0 Å². The minimum absolute atomic E-state index is 0.0810. The van der Waals surface area contributed by atoms with E-state index < -0.39 is 36.4 Å². The quantitative estimate of drug-likeness (QED) is 0.484. The molecule has 2 rings (SSSR count). The van der Waals surface area contributed by atoms with Crippen LogP contribution in [0.4, 0.5) is 17.6 Å². The molecule has 0 spiro atoms. The molecule has 1 aliphatic rings. The molecule has 4 nitrogen and oxygen atoms in total. The molecule has 0 amide bonds. The minimum atomic E-state index is -4.84. The Morgan fingerprint density at radius 1 is 1.48 bits per heavy atom. The highest BCUT2D eigenvalue weighted by atomic mass is 19.4. The molecule has 8 heteroatoms. The molecule has 0 aromatic heterocycles. The van der Waals surface area contributed by atoms with Gasteiger partial charge in [0.2, 0.25) is 6.10 Å². The first-order chi connectivity index (χ1) is 10.7. The third kappa shape index (κ3) is 3.16. The van der Waals surface area contributed by atoms with E-state index in [0.29, 0.717) is 6.29 Å². The molecule has 1 aromatic carbocycles. The standard InChI is InChI=1S/C15H14F4O4/c1-3-22-14(21)10-5-9-8(6-20)4-11(16)7(2)12(9)23-13(10)15(17,18)19/h4,6,10,13H,3,5H2,1-2H3. The Morgan fingerprint density at radius 2 is 2.13 bits per heavy atom. The van der Waals surface area contributed by atoms with Crippen molar-refractivity contribution in [2.45, 2.75) is 32.5 Å². The van der Waals surface area contributed by atoms with Crippen LogP contribution in [0.3, 0.4) is 0 Å². The maximum absolute atomic E-state index is 13.7. The molecule has 1 heterocycles. The van der Waals surface area contributed by atoms with Gasteiger partial charge in [-0.15, -0.1) is 0 Å². The van der Waals surface area contributed by atoms with E-state index in [9.17, 15) is 27.2 Å². The molecule has 2 atom stereocenters. The summed E-state index contributed by atoms with van der Waals surface area (Å²) in [4.78, 5) is 22.9. The molecule has 0 saturated heterocycles. The number of benzene rings is 1. The third-order valence-electron chi connectivity index (χ3n) is 3.68. The van der Waals surface area contributed by atoms with E-state index in [4.69, 9.17) is 4.74 Å². The molecular formula is C15H14F4O4. The zero-order valence-electron chi connectivity index (χ0n) is 12.4. The highest BCUT2D eigenvalue weighted by Gasteiger charge is 2.53. The fourth-order valence-electron chi connectivity index (χ4n) is 2.56. The van der Waals surface area contributed by atoms with Crippen LogP contribution in [0, 0.1) is 18.7 Å². The van der Waals surface area contributed by atoms with Gasteiger partial charge in [-0.25, -0.2) is 4.39 Å². The number of alkyl halides is 3. The Labute approximate surface area is 129 Å². The minimum Gasteiger partial charge on any atom is -0.479 e. The van der Waals surface area contributed by atoms with Gasteiger partial charge in [-0.2, -0.15) is 13.2 Å². The van der Waals surface area contributed by atoms with Crippen molar-refractivity contribution >= 4 is 12.3 Å². The zero-order chi connectivity index (χ0) is 17.4. The van der Waals surface area contributed by atoms with Crippen molar-refractivity contribution in [2.24, 2.45) is 5.92 Å². The van der Waals surface area contributed by atoms with E-state index in [2.05, 4.69) is 4.74 Å². The summed E-state index contributed by atoms with van der Waals surface area (Å²) in [6.07, 6.45) is -7.38. The van der Waals surface area contributed by atoms with Gasteiger partial charge in [-0.05, 0) is 26.3 Å². The Morgan fingerprint density at radius 3 is 2.65 bits per heavy atom. The number of ether oxygens (including phenoxy) is 2. The van der Waals surface area contributed by atoms with Gasteiger partial charge in [0, 0.05) is 16.7 Å². The van der Waals surface area contributed by atoms with Gasteiger partial charge < -0.3 is 9.47 Å². The lowest BCUT2D eigenvalue weighted by Crippen LogP contribution is -2.48. The van der Waals surface area contributed by atoms with E-state index >= 15 is 0 Å². The normalized spacial score (nSPS) is 20.4. The first-order valence-electron chi connectivity index (χ1n) is 6.87. The Hall–Kier alpha value is -2.12. The second-order valence-corrected chi connectivity index (χ2v) is 5.14. The lowest BCUT2D eigenvalue weighted by atomic mass is 9.86. The lowest BCUT2D eigenvalue weighted by molar-refractivity contribution is -0.219. The second-order valence-electron chi connectivity index (χ2n) is 5.14. The summed E-state index contributed by atoms with van der Waals surface area (Å²) in [5.74, 6) is -3.90. The lowest BCUT2D eigenvalue weighted by Gasteiger charge is -2.34. The number of rotatable bonds is 3. The molecule has 0 saturated carbocycles. The molecule has 0 bridgehead atoms.